The lowest BCUT2D eigenvalue weighted by Crippen LogP contribution is -1.99. The number of hydrogen-bond acceptors (Lipinski definition) is 3. The van der Waals surface area contributed by atoms with Gasteiger partial charge in [0.25, 0.3) is 0 Å². The maximum absolute atomic E-state index is 11.4. The summed E-state index contributed by atoms with van der Waals surface area (Å²) in [6, 6.07) is 24.1. The van der Waals surface area contributed by atoms with Crippen molar-refractivity contribution < 1.29 is 14.6 Å². The lowest BCUT2D eigenvalue weighted by molar-refractivity contribution is 0.0697. The summed E-state index contributed by atoms with van der Waals surface area (Å²) in [5.41, 5.74) is 4.49. The SMILES string of the molecule is O=C(O)c1cccc(-c2ccncc2-c2cccc(Cl)c2OCc2ccccc2)c1. The molecule has 4 rings (SSSR count). The van der Waals surface area contributed by atoms with Gasteiger partial charge in [-0.2, -0.15) is 0 Å². The molecule has 30 heavy (non-hydrogen) atoms. The Kier molecular flexibility index (Phi) is 5.77. The molecule has 0 amide bonds. The van der Waals surface area contributed by atoms with Gasteiger partial charge in [0.2, 0.25) is 0 Å². The minimum absolute atomic E-state index is 0.224. The minimum Gasteiger partial charge on any atom is -0.487 e. The van der Waals surface area contributed by atoms with Crippen LogP contribution >= 0.6 is 11.6 Å². The number of carbonyl (C=O) groups is 1. The number of para-hydroxylation sites is 1. The van der Waals surface area contributed by atoms with E-state index in [1.54, 1.807) is 36.7 Å². The molecule has 0 fully saturated rings. The molecule has 0 saturated carbocycles. The van der Waals surface area contributed by atoms with Crippen LogP contribution in [0.4, 0.5) is 0 Å². The second-order valence-corrected chi connectivity index (χ2v) is 7.11. The Labute approximate surface area is 179 Å². The molecule has 0 spiro atoms. The van der Waals surface area contributed by atoms with E-state index in [0.29, 0.717) is 17.4 Å². The van der Waals surface area contributed by atoms with Gasteiger partial charge in [0, 0.05) is 23.5 Å². The average molecular weight is 416 g/mol. The molecular weight excluding hydrogens is 398 g/mol. The topological polar surface area (TPSA) is 59.4 Å². The number of carboxylic acids is 1. The van der Waals surface area contributed by atoms with E-state index in [1.807, 2.05) is 54.6 Å². The first-order valence-electron chi connectivity index (χ1n) is 9.37. The van der Waals surface area contributed by atoms with E-state index in [1.165, 1.54) is 0 Å². The van der Waals surface area contributed by atoms with Crippen LogP contribution in [0.1, 0.15) is 15.9 Å². The van der Waals surface area contributed by atoms with Crippen LogP contribution in [0.5, 0.6) is 5.75 Å². The average Bonchev–Trinajstić information content (AvgIpc) is 2.79. The summed E-state index contributed by atoms with van der Waals surface area (Å²) in [7, 11) is 0. The van der Waals surface area contributed by atoms with Gasteiger partial charge < -0.3 is 9.84 Å². The van der Waals surface area contributed by atoms with Gasteiger partial charge in [0.15, 0.2) is 0 Å². The molecule has 0 aliphatic rings. The highest BCUT2D eigenvalue weighted by molar-refractivity contribution is 6.32. The summed E-state index contributed by atoms with van der Waals surface area (Å²) in [5, 5.41) is 9.85. The number of benzene rings is 3. The normalized spacial score (nSPS) is 10.6. The molecule has 1 N–H and O–H groups in total. The summed E-state index contributed by atoms with van der Waals surface area (Å²) in [6.07, 6.45) is 3.42. The fourth-order valence-corrected chi connectivity index (χ4v) is 3.51. The van der Waals surface area contributed by atoms with Crippen molar-refractivity contribution in [1.29, 1.82) is 0 Å². The Morgan fingerprint density at radius 3 is 2.50 bits per heavy atom. The molecule has 0 unspecified atom stereocenters. The van der Waals surface area contributed by atoms with Crippen LogP contribution in [0.3, 0.4) is 0 Å². The van der Waals surface area contributed by atoms with E-state index in [9.17, 15) is 9.90 Å². The van der Waals surface area contributed by atoms with Gasteiger partial charge in [-0.25, -0.2) is 4.79 Å². The van der Waals surface area contributed by atoms with Crippen molar-refractivity contribution in [2.45, 2.75) is 6.61 Å². The quantitative estimate of drug-likeness (QED) is 0.398. The zero-order chi connectivity index (χ0) is 20.9. The maximum Gasteiger partial charge on any atom is 0.335 e. The number of hydrogen-bond donors (Lipinski definition) is 1. The molecule has 5 heteroatoms. The zero-order valence-electron chi connectivity index (χ0n) is 16.0. The van der Waals surface area contributed by atoms with Gasteiger partial charge in [-0.3, -0.25) is 4.98 Å². The van der Waals surface area contributed by atoms with Crippen molar-refractivity contribution in [2.24, 2.45) is 0 Å². The molecule has 4 aromatic rings. The van der Waals surface area contributed by atoms with Gasteiger partial charge in [-0.1, -0.05) is 66.2 Å². The summed E-state index contributed by atoms with van der Waals surface area (Å²) < 4.78 is 6.11. The van der Waals surface area contributed by atoms with Crippen molar-refractivity contribution in [3.63, 3.8) is 0 Å². The molecule has 0 radical (unpaired) electrons. The molecule has 0 aliphatic heterocycles. The van der Waals surface area contributed by atoms with E-state index in [4.69, 9.17) is 16.3 Å². The molecule has 0 saturated heterocycles. The number of aromatic carboxylic acids is 1. The number of carboxylic acid groups (broad SMARTS) is 1. The van der Waals surface area contributed by atoms with Crippen molar-refractivity contribution >= 4 is 17.6 Å². The summed E-state index contributed by atoms with van der Waals surface area (Å²) in [6.45, 7) is 0.377. The lowest BCUT2D eigenvalue weighted by Gasteiger charge is -2.16. The third-order valence-corrected chi connectivity index (χ3v) is 5.02. The standard InChI is InChI=1S/C25H18ClNO3/c26-23-11-5-10-21(24(23)30-16-17-6-2-1-3-7-17)22-15-27-13-12-20(22)18-8-4-9-19(14-18)25(28)29/h1-15H,16H2,(H,28,29). The highest BCUT2D eigenvalue weighted by Crippen LogP contribution is 2.40. The van der Waals surface area contributed by atoms with Gasteiger partial charge in [0.1, 0.15) is 12.4 Å². The number of halogens is 1. The lowest BCUT2D eigenvalue weighted by atomic mass is 9.95. The van der Waals surface area contributed by atoms with Crippen molar-refractivity contribution in [1.82, 2.24) is 4.98 Å². The predicted molar refractivity (Wildman–Crippen MR) is 118 cm³/mol. The molecular formula is C25H18ClNO3. The molecule has 0 bridgehead atoms. The van der Waals surface area contributed by atoms with E-state index < -0.39 is 5.97 Å². The van der Waals surface area contributed by atoms with Crippen molar-refractivity contribution in [3.05, 3.63) is 107 Å². The van der Waals surface area contributed by atoms with E-state index in [2.05, 4.69) is 4.98 Å². The first-order chi connectivity index (χ1) is 14.6. The van der Waals surface area contributed by atoms with E-state index in [-0.39, 0.29) is 5.56 Å². The molecule has 148 valence electrons. The molecule has 1 heterocycles. The zero-order valence-corrected chi connectivity index (χ0v) is 16.7. The molecule has 4 nitrogen and oxygen atoms in total. The fraction of sp³-hybridized carbons (Fsp3) is 0.0400. The van der Waals surface area contributed by atoms with Gasteiger partial charge in [-0.15, -0.1) is 0 Å². The first-order valence-corrected chi connectivity index (χ1v) is 9.74. The Hall–Kier alpha value is -3.63. The summed E-state index contributed by atoms with van der Waals surface area (Å²) in [4.78, 5) is 15.7. The summed E-state index contributed by atoms with van der Waals surface area (Å²) >= 11 is 6.49. The van der Waals surface area contributed by atoms with Gasteiger partial charge in [0.05, 0.1) is 10.6 Å². The third-order valence-electron chi connectivity index (χ3n) is 4.72. The second-order valence-electron chi connectivity index (χ2n) is 6.70. The Bertz CT molecular complexity index is 1190. The molecule has 3 aromatic carbocycles. The van der Waals surface area contributed by atoms with E-state index in [0.717, 1.165) is 27.8 Å². The van der Waals surface area contributed by atoms with Crippen molar-refractivity contribution in [3.8, 4) is 28.0 Å². The number of rotatable bonds is 6. The van der Waals surface area contributed by atoms with Gasteiger partial charge in [-0.05, 0) is 41.0 Å². The first kappa shape index (κ1) is 19.7. The van der Waals surface area contributed by atoms with Crippen LogP contribution in [0.25, 0.3) is 22.3 Å². The van der Waals surface area contributed by atoms with Crippen LogP contribution in [0, 0.1) is 0 Å². The van der Waals surface area contributed by atoms with E-state index >= 15 is 0 Å². The minimum atomic E-state index is -0.970. The number of pyridine rings is 1. The van der Waals surface area contributed by atoms with Crippen LogP contribution in [0.2, 0.25) is 5.02 Å². The monoisotopic (exact) mass is 415 g/mol. The number of nitrogens with zero attached hydrogens (tertiary/aromatic N) is 1. The van der Waals surface area contributed by atoms with Crippen LogP contribution < -0.4 is 4.74 Å². The maximum atomic E-state index is 11.4. The number of aromatic nitrogens is 1. The Morgan fingerprint density at radius 1 is 0.900 bits per heavy atom. The van der Waals surface area contributed by atoms with Gasteiger partial charge >= 0.3 is 5.97 Å². The Balaban J connectivity index is 1.78. The second kappa shape index (κ2) is 8.80. The number of ether oxygens (including phenoxy) is 1. The van der Waals surface area contributed by atoms with Crippen LogP contribution in [-0.2, 0) is 6.61 Å². The van der Waals surface area contributed by atoms with Crippen LogP contribution in [-0.4, -0.2) is 16.1 Å². The fourth-order valence-electron chi connectivity index (χ4n) is 3.28. The predicted octanol–water partition coefficient (Wildman–Crippen LogP) is 6.35. The third kappa shape index (κ3) is 4.19. The highest BCUT2D eigenvalue weighted by Gasteiger charge is 2.16. The Morgan fingerprint density at radius 2 is 1.70 bits per heavy atom. The highest BCUT2D eigenvalue weighted by atomic mass is 35.5. The smallest absolute Gasteiger partial charge is 0.335 e. The van der Waals surface area contributed by atoms with Crippen LogP contribution in [0.15, 0.2) is 91.3 Å². The molecule has 0 atom stereocenters. The van der Waals surface area contributed by atoms with Crippen molar-refractivity contribution in [2.75, 3.05) is 0 Å². The molecule has 1 aromatic heterocycles. The molecule has 0 aliphatic carbocycles. The summed E-state index contributed by atoms with van der Waals surface area (Å²) in [5.74, 6) is -0.409. The largest absolute Gasteiger partial charge is 0.487 e.